The topological polar surface area (TPSA) is 107 Å². The molecular formula is C20H20N6O2. The summed E-state index contributed by atoms with van der Waals surface area (Å²) in [6.45, 7) is 2.49. The fraction of sp³-hybridized carbons (Fsp3) is 0.250. The van der Waals surface area contributed by atoms with Crippen molar-refractivity contribution in [3.8, 4) is 5.69 Å². The number of nitrogens with two attached hydrogens (primary N) is 1. The van der Waals surface area contributed by atoms with Crippen LogP contribution in [0.3, 0.4) is 0 Å². The number of likely N-dealkylation sites (tertiary alicyclic amines) is 1. The summed E-state index contributed by atoms with van der Waals surface area (Å²) in [4.78, 5) is 35.4. The van der Waals surface area contributed by atoms with Gasteiger partial charge >= 0.3 is 0 Å². The van der Waals surface area contributed by atoms with Gasteiger partial charge in [-0.05, 0) is 31.9 Å². The van der Waals surface area contributed by atoms with Crippen molar-refractivity contribution in [1.82, 2.24) is 24.6 Å². The van der Waals surface area contributed by atoms with E-state index in [1.807, 2.05) is 31.2 Å². The molecule has 8 heteroatoms. The van der Waals surface area contributed by atoms with Crippen molar-refractivity contribution in [1.29, 1.82) is 0 Å². The number of hydrogen-bond acceptors (Lipinski definition) is 6. The molecule has 0 radical (unpaired) electrons. The number of benzene rings is 1. The molecule has 3 heterocycles. The van der Waals surface area contributed by atoms with Crippen LogP contribution in [-0.2, 0) is 0 Å². The molecule has 1 fully saturated rings. The van der Waals surface area contributed by atoms with E-state index in [0.29, 0.717) is 18.5 Å². The van der Waals surface area contributed by atoms with E-state index in [9.17, 15) is 9.59 Å². The van der Waals surface area contributed by atoms with Crippen molar-refractivity contribution in [2.24, 2.45) is 0 Å². The molecule has 0 bridgehead atoms. The molecule has 0 saturated carbocycles. The first-order valence-corrected chi connectivity index (χ1v) is 9.08. The Balaban J connectivity index is 1.60. The highest BCUT2D eigenvalue weighted by molar-refractivity contribution is 6.06. The summed E-state index contributed by atoms with van der Waals surface area (Å²) in [6.07, 6.45) is 7.18. The summed E-state index contributed by atoms with van der Waals surface area (Å²) >= 11 is 0. The van der Waals surface area contributed by atoms with E-state index >= 15 is 0 Å². The van der Waals surface area contributed by atoms with Crippen LogP contribution >= 0.6 is 0 Å². The molecule has 4 rings (SSSR count). The highest BCUT2D eigenvalue weighted by atomic mass is 16.2. The highest BCUT2D eigenvalue weighted by Crippen LogP contribution is 2.26. The zero-order chi connectivity index (χ0) is 19.7. The van der Waals surface area contributed by atoms with Crippen LogP contribution < -0.4 is 5.73 Å². The molecule has 1 aliphatic heterocycles. The van der Waals surface area contributed by atoms with Gasteiger partial charge in [-0.3, -0.25) is 14.6 Å². The maximum absolute atomic E-state index is 13.1. The third-order valence-electron chi connectivity index (χ3n) is 4.95. The van der Waals surface area contributed by atoms with Gasteiger partial charge in [0.2, 0.25) is 0 Å². The molecule has 8 nitrogen and oxygen atoms in total. The number of aryl methyl sites for hydroxylation is 1. The van der Waals surface area contributed by atoms with E-state index < -0.39 is 6.04 Å². The summed E-state index contributed by atoms with van der Waals surface area (Å²) < 4.78 is 1.54. The van der Waals surface area contributed by atoms with Gasteiger partial charge in [-0.2, -0.15) is 5.10 Å². The third kappa shape index (κ3) is 3.13. The Kier molecular flexibility index (Phi) is 4.60. The van der Waals surface area contributed by atoms with Gasteiger partial charge in [-0.1, -0.05) is 17.7 Å². The van der Waals surface area contributed by atoms with Gasteiger partial charge in [0.15, 0.2) is 5.78 Å². The van der Waals surface area contributed by atoms with Crippen LogP contribution in [0.1, 0.15) is 39.3 Å². The molecule has 3 aromatic rings. The molecule has 1 amide bonds. The standard InChI is InChI=1S/C20H20N6O2/c1-13-4-6-14(7-5-13)26-19(21)15(11-24-26)18(27)17-3-2-10-25(17)20(28)16-12-22-8-9-23-16/h4-9,11-12,17H,2-3,10,21H2,1H3/t17-/m1/s1. The van der Waals surface area contributed by atoms with Crippen LogP contribution in [0.2, 0.25) is 0 Å². The molecule has 1 atom stereocenters. The van der Waals surface area contributed by atoms with E-state index in [2.05, 4.69) is 15.1 Å². The maximum atomic E-state index is 13.1. The molecule has 1 saturated heterocycles. The second-order valence-electron chi connectivity index (χ2n) is 6.80. The minimum absolute atomic E-state index is 0.203. The van der Waals surface area contributed by atoms with Crippen LogP contribution in [0.4, 0.5) is 5.82 Å². The first kappa shape index (κ1) is 17.8. The SMILES string of the molecule is Cc1ccc(-n2ncc(C(=O)[C@H]3CCCN3C(=O)c3cnccn3)c2N)cc1. The summed E-state index contributed by atoms with van der Waals surface area (Å²) in [5.74, 6) is -0.230. The molecule has 0 unspecified atom stereocenters. The molecule has 1 aromatic carbocycles. The monoisotopic (exact) mass is 376 g/mol. The van der Waals surface area contributed by atoms with Crippen molar-refractivity contribution in [3.05, 3.63) is 65.9 Å². The van der Waals surface area contributed by atoms with Crippen molar-refractivity contribution >= 4 is 17.5 Å². The van der Waals surface area contributed by atoms with Crippen molar-refractivity contribution < 1.29 is 9.59 Å². The van der Waals surface area contributed by atoms with Gasteiger partial charge < -0.3 is 10.6 Å². The molecule has 0 spiro atoms. The third-order valence-corrected chi connectivity index (χ3v) is 4.95. The van der Waals surface area contributed by atoms with Gasteiger partial charge in [0.05, 0.1) is 29.7 Å². The molecule has 2 N–H and O–H groups in total. The number of carbonyl (C=O) groups is 2. The number of carbonyl (C=O) groups excluding carboxylic acids is 2. The number of nitrogen functional groups attached to an aromatic ring is 1. The Morgan fingerprint density at radius 1 is 1.14 bits per heavy atom. The van der Waals surface area contributed by atoms with Crippen LogP contribution in [-0.4, -0.2) is 48.9 Å². The van der Waals surface area contributed by atoms with Gasteiger partial charge in [0.1, 0.15) is 11.5 Å². The lowest BCUT2D eigenvalue weighted by atomic mass is 10.0. The lowest BCUT2D eigenvalue weighted by Crippen LogP contribution is -2.41. The number of ketones is 1. The number of nitrogens with zero attached hydrogens (tertiary/aromatic N) is 5. The Morgan fingerprint density at radius 2 is 1.93 bits per heavy atom. The van der Waals surface area contributed by atoms with E-state index in [4.69, 9.17) is 5.73 Å². The van der Waals surface area contributed by atoms with Crippen molar-refractivity contribution in [2.75, 3.05) is 12.3 Å². The number of rotatable bonds is 4. The minimum Gasteiger partial charge on any atom is -0.383 e. The molecule has 1 aliphatic rings. The van der Waals surface area contributed by atoms with E-state index in [0.717, 1.165) is 17.7 Å². The van der Waals surface area contributed by atoms with Crippen molar-refractivity contribution in [3.63, 3.8) is 0 Å². The summed E-state index contributed by atoms with van der Waals surface area (Å²) in [6, 6.07) is 7.12. The van der Waals surface area contributed by atoms with Gasteiger partial charge in [0, 0.05) is 18.9 Å². The van der Waals surface area contributed by atoms with Crippen LogP contribution in [0.15, 0.2) is 49.1 Å². The molecule has 142 valence electrons. The second kappa shape index (κ2) is 7.22. The Labute approximate surface area is 162 Å². The second-order valence-corrected chi connectivity index (χ2v) is 6.80. The zero-order valence-electron chi connectivity index (χ0n) is 15.4. The Morgan fingerprint density at radius 3 is 2.64 bits per heavy atom. The van der Waals surface area contributed by atoms with E-state index in [1.54, 1.807) is 4.90 Å². The highest BCUT2D eigenvalue weighted by Gasteiger charge is 2.37. The number of aromatic nitrogens is 4. The fourth-order valence-electron chi connectivity index (χ4n) is 3.46. The Hall–Kier alpha value is -3.55. The first-order chi connectivity index (χ1) is 13.6. The van der Waals surface area contributed by atoms with Crippen LogP contribution in [0, 0.1) is 6.92 Å². The predicted molar refractivity (Wildman–Crippen MR) is 103 cm³/mol. The largest absolute Gasteiger partial charge is 0.383 e. The van der Waals surface area contributed by atoms with E-state index in [1.165, 1.54) is 29.5 Å². The van der Waals surface area contributed by atoms with Gasteiger partial charge in [-0.25, -0.2) is 9.67 Å². The predicted octanol–water partition coefficient (Wildman–Crippen LogP) is 2.04. The van der Waals surface area contributed by atoms with Crippen LogP contribution in [0.5, 0.6) is 0 Å². The average Bonchev–Trinajstić information content (AvgIpc) is 3.35. The van der Waals surface area contributed by atoms with Gasteiger partial charge in [0.25, 0.3) is 5.91 Å². The molecule has 2 aromatic heterocycles. The Bertz CT molecular complexity index is 1010. The maximum Gasteiger partial charge on any atom is 0.274 e. The number of Topliss-reactive ketones (excluding diaryl/α,β-unsaturated/α-hetero) is 1. The summed E-state index contributed by atoms with van der Waals surface area (Å²) in [5, 5.41) is 4.28. The number of anilines is 1. The molecule has 0 aliphatic carbocycles. The summed E-state index contributed by atoms with van der Waals surface area (Å²) in [7, 11) is 0. The van der Waals surface area contributed by atoms with E-state index in [-0.39, 0.29) is 23.2 Å². The smallest absolute Gasteiger partial charge is 0.274 e. The van der Waals surface area contributed by atoms with Crippen LogP contribution in [0.25, 0.3) is 5.69 Å². The molecule has 28 heavy (non-hydrogen) atoms. The van der Waals surface area contributed by atoms with Crippen molar-refractivity contribution in [2.45, 2.75) is 25.8 Å². The fourth-order valence-corrected chi connectivity index (χ4v) is 3.46. The normalized spacial score (nSPS) is 16.3. The summed E-state index contributed by atoms with van der Waals surface area (Å²) in [5.41, 5.74) is 8.68. The lowest BCUT2D eigenvalue weighted by Gasteiger charge is -2.23. The van der Waals surface area contributed by atoms with Gasteiger partial charge in [-0.15, -0.1) is 0 Å². The average molecular weight is 376 g/mol. The quantitative estimate of drug-likeness (QED) is 0.698. The number of hydrogen-bond donors (Lipinski definition) is 1. The minimum atomic E-state index is -0.576. The number of amides is 1. The first-order valence-electron chi connectivity index (χ1n) is 9.08. The molecular weight excluding hydrogens is 356 g/mol. The zero-order valence-corrected chi connectivity index (χ0v) is 15.4. The lowest BCUT2D eigenvalue weighted by molar-refractivity contribution is 0.0667.